The lowest BCUT2D eigenvalue weighted by Gasteiger charge is -2.37. The van der Waals surface area contributed by atoms with Crippen molar-refractivity contribution in [3.63, 3.8) is 0 Å². The lowest BCUT2D eigenvalue weighted by Crippen LogP contribution is -2.52. The monoisotopic (exact) mass is 421 g/mol. The van der Waals surface area contributed by atoms with Crippen molar-refractivity contribution in [3.05, 3.63) is 71.4 Å². The third kappa shape index (κ3) is 4.68. The average molecular weight is 422 g/mol. The number of para-hydroxylation sites is 1. The van der Waals surface area contributed by atoms with Gasteiger partial charge >= 0.3 is 0 Å². The number of aryl methyl sites for hydroxylation is 2. The number of hydrogen-bond donors (Lipinski definition) is 1. The van der Waals surface area contributed by atoms with E-state index in [0.717, 1.165) is 54.9 Å². The molecule has 0 unspecified atom stereocenters. The van der Waals surface area contributed by atoms with E-state index in [2.05, 4.69) is 36.3 Å². The van der Waals surface area contributed by atoms with Crippen molar-refractivity contribution in [2.45, 2.75) is 20.4 Å². The molecule has 1 N–H and O–H groups in total. The molecule has 1 saturated heterocycles. The number of anilines is 1. The first-order valence-electron chi connectivity index (χ1n) is 10.5. The summed E-state index contributed by atoms with van der Waals surface area (Å²) in [4.78, 5) is 13.3. The van der Waals surface area contributed by atoms with Crippen molar-refractivity contribution in [3.8, 4) is 5.82 Å². The zero-order chi connectivity index (χ0) is 21.8. The van der Waals surface area contributed by atoms with Crippen LogP contribution in [0.25, 0.3) is 5.82 Å². The number of piperazine rings is 1. The van der Waals surface area contributed by atoms with Crippen LogP contribution in [0.4, 0.5) is 10.1 Å². The molecule has 3 aromatic rings. The zero-order valence-electron chi connectivity index (χ0n) is 18.2. The second-order valence-corrected chi connectivity index (χ2v) is 7.69. The van der Waals surface area contributed by atoms with E-state index in [4.69, 9.17) is 0 Å². The predicted octanol–water partition coefficient (Wildman–Crippen LogP) is 2.92. The van der Waals surface area contributed by atoms with Crippen LogP contribution >= 0.6 is 0 Å². The molecule has 0 radical (unpaired) electrons. The molecule has 0 spiro atoms. The Hall–Kier alpha value is -3.42. The summed E-state index contributed by atoms with van der Waals surface area (Å²) in [6.07, 6.45) is 1.86. The fraction of sp³-hybridized carbons (Fsp3) is 0.348. The summed E-state index contributed by atoms with van der Waals surface area (Å²) >= 11 is 0. The highest BCUT2D eigenvalue weighted by molar-refractivity contribution is 5.80. The van der Waals surface area contributed by atoms with Crippen molar-refractivity contribution in [2.75, 3.05) is 38.1 Å². The van der Waals surface area contributed by atoms with E-state index < -0.39 is 0 Å². The molecule has 0 aliphatic carbocycles. The standard InChI is InChI=1S/C23H28FN7/c1-17-14-18(2)31(28-17)22-9-8-19(15-26-22)16-27-23(25-3)30-12-10-29(11-13-30)21-7-5-4-6-20(21)24/h4-9,14-15H,10-13,16H2,1-3H3,(H,25,27). The summed E-state index contributed by atoms with van der Waals surface area (Å²) in [5, 5.41) is 7.89. The smallest absolute Gasteiger partial charge is 0.194 e. The Balaban J connectivity index is 1.33. The van der Waals surface area contributed by atoms with Crippen LogP contribution in [-0.2, 0) is 6.54 Å². The van der Waals surface area contributed by atoms with Crippen molar-refractivity contribution in [1.29, 1.82) is 0 Å². The average Bonchev–Trinajstić information content (AvgIpc) is 3.13. The first kappa shape index (κ1) is 20.8. The molecule has 4 rings (SSSR count). The molecule has 7 nitrogen and oxygen atoms in total. The second-order valence-electron chi connectivity index (χ2n) is 7.69. The van der Waals surface area contributed by atoms with Gasteiger partial charge in [0.1, 0.15) is 5.82 Å². The van der Waals surface area contributed by atoms with Gasteiger partial charge in [-0.1, -0.05) is 18.2 Å². The molecule has 0 amide bonds. The van der Waals surface area contributed by atoms with Crippen LogP contribution in [0.3, 0.4) is 0 Å². The van der Waals surface area contributed by atoms with Gasteiger partial charge in [-0.05, 0) is 43.7 Å². The van der Waals surface area contributed by atoms with E-state index in [0.29, 0.717) is 12.2 Å². The van der Waals surface area contributed by atoms with Gasteiger partial charge in [-0.3, -0.25) is 4.99 Å². The molecule has 31 heavy (non-hydrogen) atoms. The summed E-state index contributed by atoms with van der Waals surface area (Å²) in [6.45, 7) is 7.69. The topological polar surface area (TPSA) is 61.6 Å². The number of nitrogens with one attached hydrogen (secondary N) is 1. The minimum Gasteiger partial charge on any atom is -0.366 e. The Morgan fingerprint density at radius 1 is 1.10 bits per heavy atom. The van der Waals surface area contributed by atoms with E-state index in [-0.39, 0.29) is 5.82 Å². The molecule has 0 atom stereocenters. The van der Waals surface area contributed by atoms with Gasteiger partial charge in [-0.15, -0.1) is 0 Å². The fourth-order valence-corrected chi connectivity index (χ4v) is 3.89. The maximum absolute atomic E-state index is 14.1. The van der Waals surface area contributed by atoms with Gasteiger partial charge in [0.2, 0.25) is 0 Å². The summed E-state index contributed by atoms with van der Waals surface area (Å²) in [7, 11) is 1.79. The van der Waals surface area contributed by atoms with Crippen molar-refractivity contribution in [1.82, 2.24) is 25.0 Å². The van der Waals surface area contributed by atoms with Crippen molar-refractivity contribution >= 4 is 11.6 Å². The fourth-order valence-electron chi connectivity index (χ4n) is 3.89. The Morgan fingerprint density at radius 2 is 1.87 bits per heavy atom. The number of benzene rings is 1. The van der Waals surface area contributed by atoms with Crippen LogP contribution in [0.15, 0.2) is 53.7 Å². The van der Waals surface area contributed by atoms with Crippen LogP contribution < -0.4 is 10.2 Å². The van der Waals surface area contributed by atoms with Crippen molar-refractivity contribution < 1.29 is 4.39 Å². The maximum atomic E-state index is 14.1. The van der Waals surface area contributed by atoms with Crippen LogP contribution in [0.5, 0.6) is 0 Å². The summed E-state index contributed by atoms with van der Waals surface area (Å²) in [5.41, 5.74) is 3.77. The summed E-state index contributed by atoms with van der Waals surface area (Å²) < 4.78 is 15.9. The Morgan fingerprint density at radius 3 is 2.48 bits per heavy atom. The van der Waals surface area contributed by atoms with Crippen LogP contribution in [0.2, 0.25) is 0 Å². The summed E-state index contributed by atoms with van der Waals surface area (Å²) in [6, 6.07) is 13.0. The van der Waals surface area contributed by atoms with Gasteiger partial charge in [-0.2, -0.15) is 5.10 Å². The molecule has 1 fully saturated rings. The zero-order valence-corrected chi connectivity index (χ0v) is 18.2. The minimum absolute atomic E-state index is 0.171. The highest BCUT2D eigenvalue weighted by Crippen LogP contribution is 2.20. The van der Waals surface area contributed by atoms with E-state index in [1.165, 1.54) is 6.07 Å². The Labute approximate surface area is 182 Å². The lowest BCUT2D eigenvalue weighted by molar-refractivity contribution is 0.370. The molecule has 3 heterocycles. The van der Waals surface area contributed by atoms with Gasteiger partial charge in [0.05, 0.1) is 11.4 Å². The molecule has 1 aromatic carbocycles. The van der Waals surface area contributed by atoms with E-state index in [9.17, 15) is 4.39 Å². The molecule has 1 aliphatic heterocycles. The number of halogens is 1. The van der Waals surface area contributed by atoms with Gasteiger partial charge in [0.15, 0.2) is 11.8 Å². The Bertz CT molecular complexity index is 1050. The number of aliphatic imine (C=N–C) groups is 1. The molecule has 1 aliphatic rings. The SMILES string of the molecule is CN=C(NCc1ccc(-n2nc(C)cc2C)nc1)N1CCN(c2ccccc2F)CC1. The minimum atomic E-state index is -0.171. The number of hydrogen-bond acceptors (Lipinski definition) is 4. The number of nitrogens with zero attached hydrogens (tertiary/aromatic N) is 6. The van der Waals surface area contributed by atoms with E-state index in [1.807, 2.05) is 49.0 Å². The third-order valence-electron chi connectivity index (χ3n) is 5.47. The molecule has 8 heteroatoms. The highest BCUT2D eigenvalue weighted by atomic mass is 19.1. The molecule has 2 aromatic heterocycles. The van der Waals surface area contributed by atoms with Gasteiger partial charge in [0.25, 0.3) is 0 Å². The lowest BCUT2D eigenvalue weighted by atomic mass is 10.2. The first-order valence-corrected chi connectivity index (χ1v) is 10.5. The van der Waals surface area contributed by atoms with Gasteiger partial charge < -0.3 is 15.1 Å². The van der Waals surface area contributed by atoms with Crippen LogP contribution in [0.1, 0.15) is 17.0 Å². The van der Waals surface area contributed by atoms with Gasteiger partial charge in [0, 0.05) is 51.7 Å². The number of pyridine rings is 1. The molecular weight excluding hydrogens is 393 g/mol. The quantitative estimate of drug-likeness (QED) is 0.519. The Kier molecular flexibility index (Phi) is 6.16. The largest absolute Gasteiger partial charge is 0.366 e. The highest BCUT2D eigenvalue weighted by Gasteiger charge is 2.21. The normalized spacial score (nSPS) is 14.8. The molecular formula is C23H28FN7. The molecule has 0 bridgehead atoms. The number of rotatable bonds is 4. The van der Waals surface area contributed by atoms with E-state index >= 15 is 0 Å². The van der Waals surface area contributed by atoms with Gasteiger partial charge in [-0.25, -0.2) is 14.1 Å². The predicted molar refractivity (Wildman–Crippen MR) is 121 cm³/mol. The summed E-state index contributed by atoms with van der Waals surface area (Å²) in [5.74, 6) is 1.48. The van der Waals surface area contributed by atoms with Crippen LogP contribution in [-0.4, -0.2) is 58.9 Å². The third-order valence-corrected chi connectivity index (χ3v) is 5.47. The molecule has 0 saturated carbocycles. The van der Waals surface area contributed by atoms with Crippen molar-refractivity contribution in [2.24, 2.45) is 4.99 Å². The maximum Gasteiger partial charge on any atom is 0.194 e. The first-order chi connectivity index (χ1) is 15.0. The van der Waals surface area contributed by atoms with Crippen LogP contribution in [0, 0.1) is 19.7 Å². The number of aromatic nitrogens is 3. The van der Waals surface area contributed by atoms with E-state index in [1.54, 1.807) is 13.1 Å². The second kappa shape index (κ2) is 9.16. The number of guanidine groups is 1. The molecule has 162 valence electrons.